The molecule has 1 N–H and O–H groups in total. The van der Waals surface area contributed by atoms with Crippen molar-refractivity contribution in [2.24, 2.45) is 0 Å². The Kier molecular flexibility index (Phi) is 3.87. The first-order valence-corrected chi connectivity index (χ1v) is 9.26. The molecule has 9 heteroatoms. The van der Waals surface area contributed by atoms with E-state index >= 15 is 0 Å². The van der Waals surface area contributed by atoms with Crippen LogP contribution in [0.15, 0.2) is 42.1 Å². The fraction of sp³-hybridized carbons (Fsp3) is 0.154. The molecule has 0 spiro atoms. The molecule has 0 fully saturated rings. The van der Waals surface area contributed by atoms with Crippen LogP contribution in [0.5, 0.6) is 0 Å². The van der Waals surface area contributed by atoms with E-state index in [1.807, 2.05) is 6.92 Å². The van der Waals surface area contributed by atoms with Crippen molar-refractivity contribution in [3.63, 3.8) is 0 Å². The molecular formula is C13H11BrN2O4S2. The summed E-state index contributed by atoms with van der Waals surface area (Å²) in [6.45, 7) is 3.53. The monoisotopic (exact) mass is 402 g/mol. The molecule has 0 unspecified atom stereocenters. The summed E-state index contributed by atoms with van der Waals surface area (Å²) in [4.78, 5) is 0.819. The average molecular weight is 403 g/mol. The van der Waals surface area contributed by atoms with Crippen molar-refractivity contribution in [3.8, 4) is 10.4 Å². The molecule has 0 aliphatic carbocycles. The van der Waals surface area contributed by atoms with Crippen molar-refractivity contribution in [2.45, 2.75) is 18.1 Å². The number of hydrogen-bond acceptors (Lipinski definition) is 6. The minimum Gasteiger partial charge on any atom is -0.469 e. The number of nitrogens with one attached hydrogen (secondary N) is 1. The van der Waals surface area contributed by atoms with Crippen molar-refractivity contribution in [2.75, 3.05) is 4.72 Å². The van der Waals surface area contributed by atoms with Gasteiger partial charge in [-0.25, -0.2) is 13.1 Å². The van der Waals surface area contributed by atoms with Gasteiger partial charge in [-0.15, -0.1) is 11.3 Å². The Bertz CT molecular complexity index is 924. The van der Waals surface area contributed by atoms with Crippen molar-refractivity contribution >= 4 is 43.2 Å². The minimum atomic E-state index is -3.73. The van der Waals surface area contributed by atoms with Crippen LogP contribution < -0.4 is 4.72 Å². The van der Waals surface area contributed by atoms with Gasteiger partial charge in [-0.2, -0.15) is 0 Å². The normalized spacial score (nSPS) is 11.8. The Labute approximate surface area is 139 Å². The number of halogens is 1. The van der Waals surface area contributed by atoms with Gasteiger partial charge in [0.15, 0.2) is 0 Å². The lowest BCUT2D eigenvalue weighted by molar-refractivity contribution is 0.430. The van der Waals surface area contributed by atoms with Crippen LogP contribution in [0.2, 0.25) is 0 Å². The Morgan fingerprint density at radius 3 is 2.64 bits per heavy atom. The number of nitrogens with zero attached hydrogens (tertiary/aromatic N) is 1. The predicted molar refractivity (Wildman–Crippen MR) is 86.5 cm³/mol. The second kappa shape index (κ2) is 5.56. The van der Waals surface area contributed by atoms with Crippen LogP contribution in [-0.4, -0.2) is 13.6 Å². The second-order valence-electron chi connectivity index (χ2n) is 4.53. The van der Waals surface area contributed by atoms with Gasteiger partial charge in [0, 0.05) is 10.4 Å². The number of anilines is 1. The van der Waals surface area contributed by atoms with E-state index < -0.39 is 10.0 Å². The fourth-order valence-corrected chi connectivity index (χ4v) is 4.59. The van der Waals surface area contributed by atoms with Gasteiger partial charge in [-0.05, 0) is 48.0 Å². The summed E-state index contributed by atoms with van der Waals surface area (Å²) in [5, 5.41) is 3.69. The third kappa shape index (κ3) is 2.71. The van der Waals surface area contributed by atoms with Gasteiger partial charge in [0.2, 0.25) is 0 Å². The highest BCUT2D eigenvalue weighted by atomic mass is 79.9. The highest BCUT2D eigenvalue weighted by Crippen LogP contribution is 2.35. The Balaban J connectivity index is 1.92. The number of thiophene rings is 1. The van der Waals surface area contributed by atoms with E-state index in [4.69, 9.17) is 8.94 Å². The Morgan fingerprint density at radius 1 is 1.27 bits per heavy atom. The van der Waals surface area contributed by atoms with Gasteiger partial charge in [-0.1, -0.05) is 5.16 Å². The summed E-state index contributed by atoms with van der Waals surface area (Å²) in [7, 11) is -3.73. The molecule has 3 aromatic heterocycles. The number of sulfonamides is 1. The summed E-state index contributed by atoms with van der Waals surface area (Å²) in [5.74, 6) is 0.805. The molecule has 0 radical (unpaired) electrons. The average Bonchev–Trinajstić information content (AvgIpc) is 3.15. The van der Waals surface area contributed by atoms with Crippen molar-refractivity contribution in [3.05, 3.63) is 40.4 Å². The van der Waals surface area contributed by atoms with E-state index in [1.54, 1.807) is 31.4 Å². The lowest BCUT2D eigenvalue weighted by Crippen LogP contribution is -2.11. The first-order chi connectivity index (χ1) is 10.4. The highest BCUT2D eigenvalue weighted by molar-refractivity contribution is 9.10. The first kappa shape index (κ1) is 15.3. The number of furan rings is 1. The molecule has 0 amide bonds. The molecule has 0 aromatic carbocycles. The van der Waals surface area contributed by atoms with Gasteiger partial charge in [0.1, 0.15) is 14.4 Å². The van der Waals surface area contributed by atoms with E-state index in [2.05, 4.69) is 25.8 Å². The van der Waals surface area contributed by atoms with Crippen LogP contribution in [0, 0.1) is 13.8 Å². The van der Waals surface area contributed by atoms with E-state index in [9.17, 15) is 8.42 Å². The van der Waals surface area contributed by atoms with E-state index in [0.29, 0.717) is 10.2 Å². The zero-order valence-electron chi connectivity index (χ0n) is 11.6. The largest absolute Gasteiger partial charge is 0.469 e. The maximum atomic E-state index is 12.4. The molecule has 6 nitrogen and oxygen atoms in total. The van der Waals surface area contributed by atoms with Crippen molar-refractivity contribution in [1.29, 1.82) is 0 Å². The molecular weight excluding hydrogens is 392 g/mol. The lowest BCUT2D eigenvalue weighted by atomic mass is 10.2. The number of rotatable bonds is 4. The van der Waals surface area contributed by atoms with Crippen molar-refractivity contribution < 1.29 is 17.4 Å². The molecule has 0 atom stereocenters. The SMILES string of the molecule is Cc1noc(NS(=O)(=O)c2ccc(-c3ccoc3C)s2)c1Br. The third-order valence-corrected chi connectivity index (χ3v) is 6.86. The predicted octanol–water partition coefficient (Wildman–Crippen LogP) is 4.18. The van der Waals surface area contributed by atoms with Crippen LogP contribution in [0.3, 0.4) is 0 Å². The molecule has 0 aliphatic heterocycles. The van der Waals surface area contributed by atoms with Crippen molar-refractivity contribution in [1.82, 2.24) is 5.16 Å². The van der Waals surface area contributed by atoms with Gasteiger partial charge >= 0.3 is 0 Å². The summed E-state index contributed by atoms with van der Waals surface area (Å²) in [5.41, 5.74) is 1.45. The fourth-order valence-electron chi connectivity index (χ4n) is 1.84. The molecule has 116 valence electrons. The number of aromatic nitrogens is 1. The number of hydrogen-bond donors (Lipinski definition) is 1. The first-order valence-electron chi connectivity index (χ1n) is 6.17. The maximum Gasteiger partial charge on any atom is 0.273 e. The zero-order chi connectivity index (χ0) is 15.9. The molecule has 3 heterocycles. The van der Waals surface area contributed by atoms with E-state index in [1.165, 1.54) is 0 Å². The quantitative estimate of drug-likeness (QED) is 0.707. The lowest BCUT2D eigenvalue weighted by Gasteiger charge is -2.02. The standard InChI is InChI=1S/C13H11BrN2O4S2/c1-7-12(14)13(20-15-7)16-22(17,18)11-4-3-10(21-11)9-5-6-19-8(9)2/h3-6,16H,1-2H3. The molecule has 22 heavy (non-hydrogen) atoms. The zero-order valence-corrected chi connectivity index (χ0v) is 14.8. The summed E-state index contributed by atoms with van der Waals surface area (Å²) in [6, 6.07) is 5.10. The van der Waals surface area contributed by atoms with Crippen LogP contribution in [0.25, 0.3) is 10.4 Å². The number of aryl methyl sites for hydroxylation is 2. The van der Waals surface area contributed by atoms with Crippen LogP contribution >= 0.6 is 27.3 Å². The molecule has 0 saturated carbocycles. The molecule has 3 rings (SSSR count). The maximum absolute atomic E-state index is 12.4. The third-order valence-electron chi connectivity index (χ3n) is 2.99. The Hall–Kier alpha value is -1.58. The molecule has 0 aliphatic rings. The van der Waals surface area contributed by atoms with Gasteiger partial charge < -0.3 is 8.94 Å². The second-order valence-corrected chi connectivity index (χ2v) is 8.31. The van der Waals surface area contributed by atoms with Gasteiger partial charge in [-0.3, -0.25) is 0 Å². The smallest absolute Gasteiger partial charge is 0.273 e. The Morgan fingerprint density at radius 2 is 2.05 bits per heavy atom. The molecule has 0 saturated heterocycles. The molecule has 3 aromatic rings. The minimum absolute atomic E-state index is 0.0620. The van der Waals surface area contributed by atoms with Gasteiger partial charge in [0.05, 0.1) is 12.0 Å². The van der Waals surface area contributed by atoms with Crippen LogP contribution in [0.1, 0.15) is 11.5 Å². The summed E-state index contributed by atoms with van der Waals surface area (Å²) >= 11 is 4.39. The van der Waals surface area contributed by atoms with E-state index in [0.717, 1.165) is 27.5 Å². The van der Waals surface area contributed by atoms with Crippen LogP contribution in [-0.2, 0) is 10.0 Å². The summed E-state index contributed by atoms with van der Waals surface area (Å²) in [6.07, 6.45) is 1.57. The van der Waals surface area contributed by atoms with Gasteiger partial charge in [0.25, 0.3) is 15.9 Å². The topological polar surface area (TPSA) is 85.3 Å². The summed E-state index contributed by atoms with van der Waals surface area (Å²) < 4.78 is 38.0. The highest BCUT2D eigenvalue weighted by Gasteiger charge is 2.22. The molecule has 0 bridgehead atoms. The van der Waals surface area contributed by atoms with Crippen LogP contribution in [0.4, 0.5) is 5.88 Å². The van der Waals surface area contributed by atoms with E-state index in [-0.39, 0.29) is 10.1 Å².